The zero-order valence-corrected chi connectivity index (χ0v) is 15.0. The first-order valence-corrected chi connectivity index (χ1v) is 9.51. The Balaban J connectivity index is 0.000000545. The van der Waals surface area contributed by atoms with Crippen molar-refractivity contribution in [2.24, 2.45) is 0 Å². The first-order valence-electron chi connectivity index (χ1n) is 7.04. The number of hydrogen-bond acceptors (Lipinski definition) is 5. The van der Waals surface area contributed by atoms with E-state index in [9.17, 15) is 0 Å². The quantitative estimate of drug-likeness (QED) is 0.598. The number of carboxylic acid groups (broad SMARTS) is 1. The zero-order valence-electron chi connectivity index (χ0n) is 12.6. The third-order valence-electron chi connectivity index (χ3n) is 3.34. The predicted octanol–water partition coefficient (Wildman–Crippen LogP) is 5.30. The highest BCUT2D eigenvalue weighted by molar-refractivity contribution is 7.97. The molecule has 118 valence electrons. The summed E-state index contributed by atoms with van der Waals surface area (Å²) >= 11 is 5.64. The van der Waals surface area contributed by atoms with Gasteiger partial charge in [0.15, 0.2) is 0 Å². The molecule has 3 heterocycles. The topological polar surface area (TPSA) is 40.5 Å². The molecule has 6 heteroatoms. The van der Waals surface area contributed by atoms with Crippen LogP contribution in [0.1, 0.15) is 34.9 Å². The van der Waals surface area contributed by atoms with Crippen molar-refractivity contribution in [1.29, 1.82) is 0 Å². The van der Waals surface area contributed by atoms with Crippen LogP contribution in [0.4, 0.5) is 0 Å². The molecule has 0 aromatic carbocycles. The van der Waals surface area contributed by atoms with Gasteiger partial charge < -0.3 is 5.11 Å². The Hall–Kier alpha value is -1.08. The van der Waals surface area contributed by atoms with Gasteiger partial charge in [0, 0.05) is 32.1 Å². The van der Waals surface area contributed by atoms with Crippen LogP contribution in [0.5, 0.6) is 0 Å². The summed E-state index contributed by atoms with van der Waals surface area (Å²) in [6, 6.07) is 7.24. The van der Waals surface area contributed by atoms with Gasteiger partial charge in [-0.2, -0.15) is 0 Å². The van der Waals surface area contributed by atoms with E-state index in [1.165, 1.54) is 25.9 Å². The van der Waals surface area contributed by atoms with Gasteiger partial charge in [-0.25, -0.2) is 4.31 Å². The van der Waals surface area contributed by atoms with Crippen molar-refractivity contribution in [3.8, 4) is 0 Å². The molecular weight excluding hydrogens is 334 g/mol. The van der Waals surface area contributed by atoms with Crippen molar-refractivity contribution in [1.82, 2.24) is 4.31 Å². The lowest BCUT2D eigenvalue weighted by molar-refractivity contribution is -0.122. The number of thiophene rings is 2. The fraction of sp³-hybridized carbons (Fsp3) is 0.312. The number of carbonyl (C=O) groups is 1. The van der Waals surface area contributed by atoms with Gasteiger partial charge in [-0.15, -0.1) is 22.7 Å². The van der Waals surface area contributed by atoms with Crippen molar-refractivity contribution in [3.05, 3.63) is 38.2 Å². The van der Waals surface area contributed by atoms with E-state index >= 15 is 0 Å². The molecule has 0 amide bonds. The molecule has 0 bridgehead atoms. The van der Waals surface area contributed by atoms with E-state index in [1.54, 1.807) is 11.3 Å². The van der Waals surface area contributed by atoms with E-state index in [0.29, 0.717) is 6.04 Å². The van der Waals surface area contributed by atoms with Crippen molar-refractivity contribution in [2.45, 2.75) is 37.8 Å². The summed E-state index contributed by atoms with van der Waals surface area (Å²) in [4.78, 5) is 14.0. The van der Waals surface area contributed by atoms with Crippen LogP contribution < -0.4 is 0 Å². The van der Waals surface area contributed by atoms with E-state index in [-0.39, 0.29) is 6.47 Å². The van der Waals surface area contributed by atoms with Crippen molar-refractivity contribution in [2.75, 3.05) is 0 Å². The normalized spacial score (nSPS) is 15.4. The lowest BCUT2D eigenvalue weighted by Crippen LogP contribution is -2.21. The number of nitrogens with zero attached hydrogens (tertiary/aromatic N) is 1. The average Bonchev–Trinajstić information content (AvgIpc) is 3.20. The molecule has 3 rings (SSSR count). The minimum atomic E-state index is -0.250. The predicted molar refractivity (Wildman–Crippen MR) is 97.4 cm³/mol. The van der Waals surface area contributed by atoms with Crippen LogP contribution in [-0.2, 0) is 11.3 Å². The summed E-state index contributed by atoms with van der Waals surface area (Å²) in [5.74, 6) is 0. The molecule has 0 fully saturated rings. The number of hydrogen-bond donors (Lipinski definition) is 1. The SMILES string of the molecule is CCC(C)N1Cc2sc(/C=C/c3cccs3)cc2S1.O=CO. The van der Waals surface area contributed by atoms with Gasteiger partial charge in [-0.05, 0) is 55.0 Å². The molecule has 1 unspecified atom stereocenters. The van der Waals surface area contributed by atoms with Crippen molar-refractivity contribution in [3.63, 3.8) is 0 Å². The Morgan fingerprint density at radius 1 is 1.41 bits per heavy atom. The highest BCUT2D eigenvalue weighted by atomic mass is 32.2. The maximum absolute atomic E-state index is 8.36. The fourth-order valence-electron chi connectivity index (χ4n) is 2.00. The first kappa shape index (κ1) is 17.3. The zero-order chi connectivity index (χ0) is 15.9. The monoisotopic (exact) mass is 353 g/mol. The van der Waals surface area contributed by atoms with E-state index in [0.717, 1.165) is 6.54 Å². The van der Waals surface area contributed by atoms with Gasteiger partial charge in [0.2, 0.25) is 0 Å². The Labute approximate surface area is 143 Å². The Kier molecular flexibility index (Phi) is 6.70. The highest BCUT2D eigenvalue weighted by Crippen LogP contribution is 2.43. The maximum Gasteiger partial charge on any atom is 0.290 e. The van der Waals surface area contributed by atoms with Crippen molar-refractivity contribution < 1.29 is 9.90 Å². The van der Waals surface area contributed by atoms with Crippen LogP contribution in [0.2, 0.25) is 0 Å². The third-order valence-corrected chi connectivity index (χ3v) is 6.68. The van der Waals surface area contributed by atoms with Crippen LogP contribution >= 0.6 is 34.6 Å². The molecule has 2 aromatic heterocycles. The van der Waals surface area contributed by atoms with Crippen LogP contribution in [-0.4, -0.2) is 21.9 Å². The minimum absolute atomic E-state index is 0.250. The Bertz CT molecular complexity index is 596. The molecule has 0 spiro atoms. The van der Waals surface area contributed by atoms with E-state index in [4.69, 9.17) is 9.90 Å². The lowest BCUT2D eigenvalue weighted by Gasteiger charge is -2.20. The molecule has 3 nitrogen and oxygen atoms in total. The van der Waals surface area contributed by atoms with Crippen LogP contribution in [0.3, 0.4) is 0 Å². The second-order valence-corrected chi connectivity index (χ2v) is 8.05. The van der Waals surface area contributed by atoms with Gasteiger partial charge in [-0.1, -0.05) is 13.0 Å². The molecule has 0 aliphatic carbocycles. The molecule has 1 aliphatic rings. The van der Waals surface area contributed by atoms with Crippen LogP contribution in [0.25, 0.3) is 12.2 Å². The summed E-state index contributed by atoms with van der Waals surface area (Å²) in [5.41, 5.74) is 0. The molecule has 1 N–H and O–H groups in total. The Morgan fingerprint density at radius 2 is 2.14 bits per heavy atom. The summed E-state index contributed by atoms with van der Waals surface area (Å²) in [6.45, 7) is 5.42. The summed E-state index contributed by atoms with van der Waals surface area (Å²) in [6.07, 6.45) is 5.67. The molecule has 1 atom stereocenters. The highest BCUT2D eigenvalue weighted by Gasteiger charge is 2.25. The Morgan fingerprint density at radius 3 is 2.73 bits per heavy atom. The minimum Gasteiger partial charge on any atom is -0.483 e. The number of fused-ring (bicyclic) bond motifs is 1. The maximum atomic E-state index is 8.36. The van der Waals surface area contributed by atoms with E-state index in [1.807, 2.05) is 23.3 Å². The standard InChI is InChI=1S/C15H17NS3.CH2O2/c1-3-11(2)16-10-15-14(19-16)9-13(18-15)7-6-12-5-4-8-17-12;2-1-3/h4-9,11H,3,10H2,1-2H3;1H,(H,2,3)/b7-6+;. The number of rotatable bonds is 4. The third kappa shape index (κ3) is 4.46. The van der Waals surface area contributed by atoms with Crippen LogP contribution in [0.15, 0.2) is 28.5 Å². The molecule has 22 heavy (non-hydrogen) atoms. The summed E-state index contributed by atoms with van der Waals surface area (Å²) in [5, 5.41) is 9.01. The van der Waals surface area contributed by atoms with E-state index in [2.05, 4.69) is 53.9 Å². The second kappa shape index (κ2) is 8.53. The van der Waals surface area contributed by atoms with Gasteiger partial charge >= 0.3 is 0 Å². The fourth-order valence-corrected chi connectivity index (χ4v) is 5.09. The largest absolute Gasteiger partial charge is 0.483 e. The van der Waals surface area contributed by atoms with Gasteiger partial charge in [0.25, 0.3) is 6.47 Å². The second-order valence-electron chi connectivity index (χ2n) is 4.81. The average molecular weight is 354 g/mol. The van der Waals surface area contributed by atoms with Crippen molar-refractivity contribution >= 4 is 53.2 Å². The van der Waals surface area contributed by atoms with Gasteiger partial charge in [0.05, 0.1) is 0 Å². The summed E-state index contributed by atoms with van der Waals surface area (Å²) in [7, 11) is 0. The molecule has 0 radical (unpaired) electrons. The van der Waals surface area contributed by atoms with Crippen LogP contribution in [0, 0.1) is 0 Å². The molecule has 1 aliphatic heterocycles. The molecule has 0 saturated carbocycles. The smallest absolute Gasteiger partial charge is 0.290 e. The summed E-state index contributed by atoms with van der Waals surface area (Å²) < 4.78 is 2.49. The van der Waals surface area contributed by atoms with Gasteiger partial charge in [0.1, 0.15) is 0 Å². The first-order chi connectivity index (χ1) is 10.7. The molecular formula is C16H19NO2S3. The van der Waals surface area contributed by atoms with E-state index < -0.39 is 0 Å². The lowest BCUT2D eigenvalue weighted by atomic mass is 10.2. The molecule has 0 saturated heterocycles. The molecule has 2 aromatic rings. The van der Waals surface area contributed by atoms with Gasteiger partial charge in [-0.3, -0.25) is 4.79 Å².